The molecular formula is C14H11ClN2O4. The number of hydrogen-bond donors (Lipinski definition) is 2. The first-order valence-electron chi connectivity index (χ1n) is 5.97. The Hall–Kier alpha value is -2.60. The average Bonchev–Trinajstić information content (AvgIpc) is 2.46. The van der Waals surface area contributed by atoms with Gasteiger partial charge in [-0.1, -0.05) is 41.9 Å². The number of halogens is 1. The molecule has 2 aromatic carbocycles. The molecule has 0 aliphatic carbocycles. The number of rotatable bonds is 5. The van der Waals surface area contributed by atoms with E-state index < -0.39 is 16.9 Å². The van der Waals surface area contributed by atoms with Crippen molar-refractivity contribution in [1.29, 1.82) is 0 Å². The Morgan fingerprint density at radius 2 is 1.90 bits per heavy atom. The normalized spacial score (nSPS) is 11.7. The third kappa shape index (κ3) is 3.49. The molecule has 0 aliphatic heterocycles. The highest BCUT2D eigenvalue weighted by Gasteiger charge is 2.21. The highest BCUT2D eigenvalue weighted by Crippen LogP contribution is 2.29. The Morgan fingerprint density at radius 1 is 1.24 bits per heavy atom. The summed E-state index contributed by atoms with van der Waals surface area (Å²) in [6, 6.07) is 11.6. The average molecular weight is 307 g/mol. The van der Waals surface area contributed by atoms with Gasteiger partial charge in [-0.15, -0.1) is 0 Å². The Kier molecular flexibility index (Phi) is 4.39. The summed E-state index contributed by atoms with van der Waals surface area (Å²) in [5, 5.41) is 22.9. The van der Waals surface area contributed by atoms with Crippen molar-refractivity contribution in [2.75, 3.05) is 5.32 Å². The van der Waals surface area contributed by atoms with Crippen molar-refractivity contribution in [3.05, 3.63) is 69.2 Å². The molecule has 21 heavy (non-hydrogen) atoms. The van der Waals surface area contributed by atoms with Crippen LogP contribution in [0.25, 0.3) is 0 Å². The quantitative estimate of drug-likeness (QED) is 0.651. The fourth-order valence-electron chi connectivity index (χ4n) is 1.84. The number of anilines is 1. The number of carbonyl (C=O) groups is 1. The van der Waals surface area contributed by atoms with Gasteiger partial charge in [-0.05, 0) is 17.7 Å². The van der Waals surface area contributed by atoms with Crippen LogP contribution in [0.1, 0.15) is 11.6 Å². The van der Waals surface area contributed by atoms with E-state index in [9.17, 15) is 20.0 Å². The van der Waals surface area contributed by atoms with E-state index in [0.717, 1.165) is 0 Å². The number of aliphatic carboxylic acids is 1. The molecule has 1 atom stereocenters. The summed E-state index contributed by atoms with van der Waals surface area (Å²) in [5.74, 6) is -1.08. The van der Waals surface area contributed by atoms with E-state index in [4.69, 9.17) is 11.6 Å². The summed E-state index contributed by atoms with van der Waals surface area (Å²) in [7, 11) is 0. The summed E-state index contributed by atoms with van der Waals surface area (Å²) in [6.07, 6.45) is 0. The van der Waals surface area contributed by atoms with E-state index in [-0.39, 0.29) is 10.7 Å². The smallest absolute Gasteiger partial charge is 0.330 e. The maximum atomic E-state index is 11.4. The molecule has 0 amide bonds. The first-order valence-corrected chi connectivity index (χ1v) is 6.35. The third-order valence-electron chi connectivity index (χ3n) is 2.83. The largest absolute Gasteiger partial charge is 0.479 e. The molecule has 0 spiro atoms. The van der Waals surface area contributed by atoms with Crippen molar-refractivity contribution < 1.29 is 14.8 Å². The molecule has 6 nitrogen and oxygen atoms in total. The van der Waals surface area contributed by atoms with Gasteiger partial charge in [-0.3, -0.25) is 10.1 Å². The number of carboxylic acids is 1. The van der Waals surface area contributed by atoms with Gasteiger partial charge >= 0.3 is 5.97 Å². The zero-order valence-corrected chi connectivity index (χ0v) is 11.4. The minimum absolute atomic E-state index is 0.00265. The topological polar surface area (TPSA) is 92.5 Å². The number of hydrogen-bond acceptors (Lipinski definition) is 4. The molecule has 0 heterocycles. The second kappa shape index (κ2) is 6.23. The molecule has 108 valence electrons. The van der Waals surface area contributed by atoms with Crippen molar-refractivity contribution in [3.8, 4) is 0 Å². The molecule has 0 aromatic heterocycles. The van der Waals surface area contributed by atoms with Crippen LogP contribution in [0.5, 0.6) is 0 Å². The lowest BCUT2D eigenvalue weighted by Crippen LogP contribution is -2.20. The molecule has 7 heteroatoms. The molecule has 0 saturated heterocycles. The minimum atomic E-state index is -1.08. The van der Waals surface area contributed by atoms with Crippen LogP contribution >= 0.6 is 11.6 Å². The Balaban J connectivity index is 2.32. The molecule has 0 aliphatic rings. The Bertz CT molecular complexity index is 676. The molecular weight excluding hydrogens is 296 g/mol. The van der Waals surface area contributed by atoms with Gasteiger partial charge in [0.2, 0.25) is 0 Å². The van der Waals surface area contributed by atoms with Crippen LogP contribution in [-0.4, -0.2) is 16.0 Å². The zero-order chi connectivity index (χ0) is 15.4. The second-order valence-corrected chi connectivity index (χ2v) is 4.66. The van der Waals surface area contributed by atoms with Gasteiger partial charge in [0.25, 0.3) is 5.69 Å². The number of nitrogens with one attached hydrogen (secondary N) is 1. The van der Waals surface area contributed by atoms with Gasteiger partial charge in [0.1, 0.15) is 5.02 Å². The molecule has 0 radical (unpaired) electrons. The summed E-state index contributed by atoms with van der Waals surface area (Å²) in [4.78, 5) is 21.6. The van der Waals surface area contributed by atoms with Crippen LogP contribution < -0.4 is 5.32 Å². The fourth-order valence-corrected chi connectivity index (χ4v) is 2.03. The van der Waals surface area contributed by atoms with Crippen LogP contribution in [0.15, 0.2) is 48.5 Å². The minimum Gasteiger partial charge on any atom is -0.479 e. The predicted octanol–water partition coefficient (Wildman–Crippen LogP) is 3.49. The highest BCUT2D eigenvalue weighted by atomic mass is 35.5. The van der Waals surface area contributed by atoms with E-state index in [0.29, 0.717) is 11.3 Å². The summed E-state index contributed by atoms with van der Waals surface area (Å²) in [5.41, 5.74) is 0.573. The van der Waals surface area contributed by atoms with Gasteiger partial charge in [0.15, 0.2) is 6.04 Å². The number of nitrogens with zero attached hydrogens (tertiary/aromatic N) is 1. The van der Waals surface area contributed by atoms with Crippen LogP contribution in [0.2, 0.25) is 5.02 Å². The van der Waals surface area contributed by atoms with Crippen molar-refractivity contribution in [3.63, 3.8) is 0 Å². The summed E-state index contributed by atoms with van der Waals surface area (Å²) < 4.78 is 0. The zero-order valence-electron chi connectivity index (χ0n) is 10.7. The lowest BCUT2D eigenvalue weighted by molar-refractivity contribution is -0.384. The van der Waals surface area contributed by atoms with Gasteiger partial charge in [-0.2, -0.15) is 0 Å². The van der Waals surface area contributed by atoms with Gasteiger partial charge in [0.05, 0.1) is 4.92 Å². The van der Waals surface area contributed by atoms with Crippen LogP contribution in [0, 0.1) is 10.1 Å². The maximum absolute atomic E-state index is 11.4. The molecule has 2 aromatic rings. The first kappa shape index (κ1) is 14.8. The van der Waals surface area contributed by atoms with Crippen LogP contribution in [-0.2, 0) is 4.79 Å². The predicted molar refractivity (Wildman–Crippen MR) is 78.5 cm³/mol. The van der Waals surface area contributed by atoms with Crippen LogP contribution in [0.4, 0.5) is 11.4 Å². The first-order chi connectivity index (χ1) is 9.99. The SMILES string of the molecule is O=C(O)C(Nc1ccc(Cl)c([N+](=O)[O-])c1)c1ccccc1. The molecule has 2 rings (SSSR count). The molecule has 1 unspecified atom stereocenters. The Labute approximate surface area is 125 Å². The van der Waals surface area contributed by atoms with Crippen molar-refractivity contribution in [2.24, 2.45) is 0 Å². The summed E-state index contributed by atoms with van der Waals surface area (Å²) >= 11 is 5.72. The van der Waals surface area contributed by atoms with E-state index in [1.807, 2.05) is 0 Å². The monoisotopic (exact) mass is 306 g/mol. The maximum Gasteiger partial charge on any atom is 0.330 e. The third-order valence-corrected chi connectivity index (χ3v) is 3.15. The van der Waals surface area contributed by atoms with E-state index >= 15 is 0 Å². The number of nitro benzene ring substituents is 1. The number of benzene rings is 2. The van der Waals surface area contributed by atoms with Crippen LogP contribution in [0.3, 0.4) is 0 Å². The summed E-state index contributed by atoms with van der Waals surface area (Å²) in [6.45, 7) is 0. The van der Waals surface area contributed by atoms with Crippen molar-refractivity contribution >= 4 is 28.9 Å². The molecule has 0 saturated carbocycles. The van der Waals surface area contributed by atoms with Gasteiger partial charge in [-0.25, -0.2) is 4.79 Å². The van der Waals surface area contributed by atoms with E-state index in [1.165, 1.54) is 18.2 Å². The van der Waals surface area contributed by atoms with Crippen molar-refractivity contribution in [1.82, 2.24) is 0 Å². The second-order valence-electron chi connectivity index (χ2n) is 4.25. The van der Waals surface area contributed by atoms with Gasteiger partial charge in [0, 0.05) is 11.8 Å². The lowest BCUT2D eigenvalue weighted by Gasteiger charge is -2.16. The van der Waals surface area contributed by atoms with Gasteiger partial charge < -0.3 is 10.4 Å². The lowest BCUT2D eigenvalue weighted by atomic mass is 10.1. The van der Waals surface area contributed by atoms with E-state index in [2.05, 4.69) is 5.32 Å². The van der Waals surface area contributed by atoms with Crippen molar-refractivity contribution in [2.45, 2.75) is 6.04 Å². The molecule has 2 N–H and O–H groups in total. The molecule has 0 fully saturated rings. The highest BCUT2D eigenvalue weighted by molar-refractivity contribution is 6.32. The fraction of sp³-hybridized carbons (Fsp3) is 0.0714. The Morgan fingerprint density at radius 3 is 2.48 bits per heavy atom. The molecule has 0 bridgehead atoms. The number of carboxylic acid groups (broad SMARTS) is 1. The number of nitro groups is 1. The standard InChI is InChI=1S/C14H11ClN2O4/c15-11-7-6-10(8-12(11)17(20)21)16-13(14(18)19)9-4-2-1-3-5-9/h1-8,13,16H,(H,18,19). The van der Waals surface area contributed by atoms with E-state index in [1.54, 1.807) is 30.3 Å².